The second kappa shape index (κ2) is 10.4. The summed E-state index contributed by atoms with van der Waals surface area (Å²) in [7, 11) is 0. The Morgan fingerprint density at radius 3 is 2.71 bits per heavy atom. The molecule has 0 unspecified atom stereocenters. The number of aromatic nitrogens is 4. The maximum Gasteiger partial charge on any atom is 0.291 e. The van der Waals surface area contributed by atoms with E-state index in [1.54, 1.807) is 29.2 Å². The second-order valence-electron chi connectivity index (χ2n) is 8.80. The summed E-state index contributed by atoms with van der Waals surface area (Å²) in [5, 5.41) is 12.2. The molecule has 0 bridgehead atoms. The van der Waals surface area contributed by atoms with E-state index in [0.717, 1.165) is 34.7 Å². The standard InChI is InChI=1S/C26H30ClN5O3/c1-6-32-18(5)19(11-29-32)13-31-14-20(12-28-31)30-26(33)24-8-7-21(35-24)15-34-25-9-17(4)23(27)10-22(25)16(2)3/h7-12,14,16H,6,13,15H2,1-5H3,(H,30,33). The summed E-state index contributed by atoms with van der Waals surface area (Å²) in [6.07, 6.45) is 5.24. The molecular weight excluding hydrogens is 466 g/mol. The number of hydrogen-bond donors (Lipinski definition) is 1. The van der Waals surface area contributed by atoms with E-state index in [4.69, 9.17) is 20.8 Å². The van der Waals surface area contributed by atoms with Crippen LogP contribution in [0.1, 0.15) is 65.4 Å². The number of carbonyl (C=O) groups excluding carboxylic acids is 1. The average Bonchev–Trinajstić information content (AvgIpc) is 3.55. The minimum absolute atomic E-state index is 0.202. The summed E-state index contributed by atoms with van der Waals surface area (Å²) >= 11 is 6.28. The summed E-state index contributed by atoms with van der Waals surface area (Å²) < 4.78 is 15.4. The molecule has 0 fully saturated rings. The van der Waals surface area contributed by atoms with Gasteiger partial charge in [-0.05, 0) is 62.1 Å². The Bertz CT molecular complexity index is 1330. The van der Waals surface area contributed by atoms with Crippen molar-refractivity contribution >= 4 is 23.2 Å². The van der Waals surface area contributed by atoms with Gasteiger partial charge in [-0.1, -0.05) is 25.4 Å². The first-order valence-electron chi connectivity index (χ1n) is 11.6. The van der Waals surface area contributed by atoms with Gasteiger partial charge in [0.1, 0.15) is 18.1 Å². The molecule has 35 heavy (non-hydrogen) atoms. The Balaban J connectivity index is 1.37. The lowest BCUT2D eigenvalue weighted by Gasteiger charge is -2.15. The number of amides is 1. The van der Waals surface area contributed by atoms with E-state index in [1.807, 2.05) is 36.9 Å². The van der Waals surface area contributed by atoms with Gasteiger partial charge in [-0.15, -0.1) is 0 Å². The van der Waals surface area contributed by atoms with Gasteiger partial charge in [0.05, 0.1) is 24.6 Å². The summed E-state index contributed by atoms with van der Waals surface area (Å²) in [6.45, 7) is 11.8. The molecule has 1 aromatic carbocycles. The quantitative estimate of drug-likeness (QED) is 0.309. The van der Waals surface area contributed by atoms with Crippen molar-refractivity contribution in [2.75, 3.05) is 5.32 Å². The molecule has 4 rings (SSSR count). The normalized spacial score (nSPS) is 11.3. The Morgan fingerprint density at radius 2 is 2.00 bits per heavy atom. The van der Waals surface area contributed by atoms with Crippen LogP contribution in [-0.2, 0) is 19.7 Å². The number of rotatable bonds is 9. The Kier molecular flexibility index (Phi) is 7.31. The second-order valence-corrected chi connectivity index (χ2v) is 9.21. The lowest BCUT2D eigenvalue weighted by Crippen LogP contribution is -2.10. The van der Waals surface area contributed by atoms with Gasteiger partial charge in [-0.3, -0.25) is 14.2 Å². The van der Waals surface area contributed by atoms with Crippen molar-refractivity contribution < 1.29 is 13.9 Å². The number of anilines is 1. The molecule has 0 saturated carbocycles. The molecule has 4 aromatic rings. The number of aryl methyl sites for hydroxylation is 2. The van der Waals surface area contributed by atoms with Crippen molar-refractivity contribution in [1.29, 1.82) is 0 Å². The van der Waals surface area contributed by atoms with Crippen molar-refractivity contribution in [3.63, 3.8) is 0 Å². The predicted molar refractivity (Wildman–Crippen MR) is 135 cm³/mol. The average molecular weight is 496 g/mol. The van der Waals surface area contributed by atoms with Crippen molar-refractivity contribution in [2.45, 2.75) is 60.2 Å². The molecule has 0 aliphatic heterocycles. The highest BCUT2D eigenvalue weighted by atomic mass is 35.5. The van der Waals surface area contributed by atoms with Crippen LogP contribution in [0.25, 0.3) is 0 Å². The number of halogens is 1. The monoisotopic (exact) mass is 495 g/mol. The SMILES string of the molecule is CCn1ncc(Cn2cc(NC(=O)c3ccc(COc4cc(C)c(Cl)cc4C(C)C)o3)cn2)c1C. The largest absolute Gasteiger partial charge is 0.485 e. The molecule has 8 nitrogen and oxygen atoms in total. The van der Waals surface area contributed by atoms with Gasteiger partial charge >= 0.3 is 0 Å². The summed E-state index contributed by atoms with van der Waals surface area (Å²) in [6, 6.07) is 7.25. The first-order valence-corrected chi connectivity index (χ1v) is 12.0. The van der Waals surface area contributed by atoms with E-state index in [9.17, 15) is 4.79 Å². The fourth-order valence-electron chi connectivity index (χ4n) is 3.81. The predicted octanol–water partition coefficient (Wildman–Crippen LogP) is 5.97. The van der Waals surface area contributed by atoms with Crippen LogP contribution in [0.2, 0.25) is 5.02 Å². The molecule has 0 saturated heterocycles. The van der Waals surface area contributed by atoms with E-state index in [2.05, 4.69) is 36.3 Å². The first kappa shape index (κ1) is 24.6. The molecule has 0 spiro atoms. The Hall–Kier alpha value is -3.52. The zero-order chi connectivity index (χ0) is 25.1. The summed E-state index contributed by atoms with van der Waals surface area (Å²) in [5.74, 6) is 1.42. The number of benzene rings is 1. The maximum atomic E-state index is 12.7. The van der Waals surface area contributed by atoms with Crippen molar-refractivity contribution in [3.8, 4) is 5.75 Å². The molecule has 3 aromatic heterocycles. The fourth-order valence-corrected chi connectivity index (χ4v) is 3.99. The van der Waals surface area contributed by atoms with Crippen molar-refractivity contribution in [1.82, 2.24) is 19.6 Å². The van der Waals surface area contributed by atoms with Gasteiger partial charge in [0.2, 0.25) is 0 Å². The van der Waals surface area contributed by atoms with E-state index in [-0.39, 0.29) is 24.2 Å². The number of nitrogens with zero attached hydrogens (tertiary/aromatic N) is 4. The highest BCUT2D eigenvalue weighted by Gasteiger charge is 2.15. The van der Waals surface area contributed by atoms with Gasteiger partial charge in [-0.25, -0.2) is 0 Å². The van der Waals surface area contributed by atoms with Gasteiger partial charge in [-0.2, -0.15) is 10.2 Å². The molecule has 0 radical (unpaired) electrons. The zero-order valence-electron chi connectivity index (χ0n) is 20.6. The molecule has 0 aliphatic rings. The van der Waals surface area contributed by atoms with Crippen LogP contribution in [-0.4, -0.2) is 25.5 Å². The van der Waals surface area contributed by atoms with Crippen LogP contribution in [0.5, 0.6) is 5.75 Å². The number of ether oxygens (including phenoxy) is 1. The van der Waals surface area contributed by atoms with Gasteiger partial charge in [0.25, 0.3) is 5.91 Å². The van der Waals surface area contributed by atoms with Gasteiger partial charge < -0.3 is 14.5 Å². The molecule has 0 aliphatic carbocycles. The van der Waals surface area contributed by atoms with Gasteiger partial charge in [0.15, 0.2) is 5.76 Å². The number of furan rings is 1. The van der Waals surface area contributed by atoms with Crippen LogP contribution in [0.4, 0.5) is 5.69 Å². The third-order valence-electron chi connectivity index (χ3n) is 5.90. The molecule has 184 valence electrons. The highest BCUT2D eigenvalue weighted by Crippen LogP contribution is 2.32. The molecular formula is C26H30ClN5O3. The lowest BCUT2D eigenvalue weighted by atomic mass is 10.0. The fraction of sp³-hybridized carbons (Fsp3) is 0.346. The zero-order valence-corrected chi connectivity index (χ0v) is 21.4. The smallest absolute Gasteiger partial charge is 0.291 e. The first-order chi connectivity index (χ1) is 16.7. The van der Waals surface area contributed by atoms with Crippen LogP contribution in [0, 0.1) is 13.8 Å². The number of hydrogen-bond acceptors (Lipinski definition) is 5. The summed E-state index contributed by atoms with van der Waals surface area (Å²) in [4.78, 5) is 12.7. The Morgan fingerprint density at radius 1 is 1.20 bits per heavy atom. The van der Waals surface area contributed by atoms with E-state index >= 15 is 0 Å². The molecule has 1 N–H and O–H groups in total. The number of carbonyl (C=O) groups is 1. The molecule has 1 amide bonds. The minimum atomic E-state index is -0.351. The van der Waals surface area contributed by atoms with Crippen molar-refractivity contribution in [2.24, 2.45) is 0 Å². The molecule has 0 atom stereocenters. The number of nitrogens with one attached hydrogen (secondary N) is 1. The molecule has 3 heterocycles. The van der Waals surface area contributed by atoms with E-state index in [0.29, 0.717) is 23.0 Å². The molecule has 9 heteroatoms. The third kappa shape index (κ3) is 5.59. The Labute approximate surface area is 209 Å². The maximum absolute atomic E-state index is 12.7. The minimum Gasteiger partial charge on any atom is -0.485 e. The van der Waals surface area contributed by atoms with Crippen LogP contribution >= 0.6 is 11.6 Å². The van der Waals surface area contributed by atoms with Crippen molar-refractivity contribution in [3.05, 3.63) is 81.8 Å². The third-order valence-corrected chi connectivity index (χ3v) is 6.30. The van der Waals surface area contributed by atoms with Crippen LogP contribution in [0.3, 0.4) is 0 Å². The van der Waals surface area contributed by atoms with E-state index in [1.165, 1.54) is 0 Å². The topological polar surface area (TPSA) is 87.1 Å². The van der Waals surface area contributed by atoms with E-state index < -0.39 is 0 Å². The highest BCUT2D eigenvalue weighted by molar-refractivity contribution is 6.31. The van der Waals surface area contributed by atoms with Crippen LogP contribution in [0.15, 0.2) is 47.3 Å². The van der Waals surface area contributed by atoms with Gasteiger partial charge in [0, 0.05) is 29.0 Å². The lowest BCUT2D eigenvalue weighted by molar-refractivity contribution is 0.0992. The summed E-state index contributed by atoms with van der Waals surface area (Å²) in [5.41, 5.74) is 4.75. The van der Waals surface area contributed by atoms with Crippen LogP contribution < -0.4 is 10.1 Å².